The molecule has 0 radical (unpaired) electrons. The molecular formula is C18H27ClN4O2. The highest BCUT2D eigenvalue weighted by molar-refractivity contribution is 5.85. The number of amides is 1. The fraction of sp³-hybridized carbons (Fsp3) is 0.500. The minimum Gasteiger partial charge on any atom is -0.354 e. The summed E-state index contributed by atoms with van der Waals surface area (Å²) in [5, 5.41) is 6.79. The summed E-state index contributed by atoms with van der Waals surface area (Å²) in [7, 11) is 0. The van der Waals surface area contributed by atoms with Gasteiger partial charge < -0.3 is 15.6 Å². The van der Waals surface area contributed by atoms with Crippen molar-refractivity contribution in [1.29, 1.82) is 0 Å². The first-order valence-electron chi connectivity index (χ1n) is 8.50. The molecule has 25 heavy (non-hydrogen) atoms. The van der Waals surface area contributed by atoms with Gasteiger partial charge in [-0.3, -0.25) is 4.79 Å². The molecule has 0 aliphatic heterocycles. The van der Waals surface area contributed by atoms with E-state index in [0.717, 1.165) is 30.4 Å². The summed E-state index contributed by atoms with van der Waals surface area (Å²) in [5.74, 6) is 1.34. The minimum atomic E-state index is -0.442. The Hall–Kier alpha value is -1.92. The van der Waals surface area contributed by atoms with Crippen LogP contribution in [0.3, 0.4) is 0 Å². The van der Waals surface area contributed by atoms with Crippen LogP contribution in [0.15, 0.2) is 28.8 Å². The Bertz CT molecular complexity index is 657. The maximum atomic E-state index is 11.9. The molecule has 2 unspecified atom stereocenters. The van der Waals surface area contributed by atoms with Crippen molar-refractivity contribution in [2.24, 2.45) is 11.7 Å². The molecule has 1 heterocycles. The summed E-state index contributed by atoms with van der Waals surface area (Å²) in [5.41, 5.74) is 7.94. The van der Waals surface area contributed by atoms with E-state index in [1.165, 1.54) is 0 Å². The van der Waals surface area contributed by atoms with Crippen molar-refractivity contribution in [1.82, 2.24) is 15.5 Å². The van der Waals surface area contributed by atoms with Gasteiger partial charge in [0.05, 0.1) is 6.04 Å². The molecule has 0 fully saturated rings. The zero-order chi connectivity index (χ0) is 17.5. The second kappa shape index (κ2) is 10.2. The van der Waals surface area contributed by atoms with Crippen LogP contribution in [0.2, 0.25) is 0 Å². The van der Waals surface area contributed by atoms with E-state index < -0.39 is 6.04 Å². The molecule has 0 aliphatic rings. The van der Waals surface area contributed by atoms with Crippen LogP contribution >= 0.6 is 12.4 Å². The largest absolute Gasteiger partial charge is 0.354 e. The molecule has 7 heteroatoms. The van der Waals surface area contributed by atoms with Gasteiger partial charge in [0.15, 0.2) is 5.82 Å². The van der Waals surface area contributed by atoms with Gasteiger partial charge in [-0.2, -0.15) is 4.98 Å². The third-order valence-electron chi connectivity index (χ3n) is 4.26. The molecule has 1 aromatic carbocycles. The molecule has 3 N–H and O–H groups in total. The number of aryl methyl sites for hydroxylation is 1. The smallest absolute Gasteiger partial charge is 0.257 e. The molecule has 2 aromatic rings. The first kappa shape index (κ1) is 21.1. The second-order valence-corrected chi connectivity index (χ2v) is 6.02. The van der Waals surface area contributed by atoms with Gasteiger partial charge in [-0.15, -0.1) is 12.4 Å². The van der Waals surface area contributed by atoms with E-state index >= 15 is 0 Å². The molecule has 2 rings (SSSR count). The Labute approximate surface area is 155 Å². The van der Waals surface area contributed by atoms with E-state index in [2.05, 4.69) is 15.5 Å². The first-order chi connectivity index (χ1) is 11.5. The zero-order valence-corrected chi connectivity index (χ0v) is 15.8. The second-order valence-electron chi connectivity index (χ2n) is 6.02. The van der Waals surface area contributed by atoms with E-state index in [1.54, 1.807) is 0 Å². The molecule has 0 aliphatic carbocycles. The first-order valence-corrected chi connectivity index (χ1v) is 8.50. The third-order valence-corrected chi connectivity index (χ3v) is 4.26. The van der Waals surface area contributed by atoms with Crippen LogP contribution < -0.4 is 11.1 Å². The molecule has 1 aromatic heterocycles. The normalized spacial score (nSPS) is 13.0. The van der Waals surface area contributed by atoms with E-state index in [4.69, 9.17) is 10.3 Å². The lowest BCUT2D eigenvalue weighted by atomic mass is 9.99. The quantitative estimate of drug-likeness (QED) is 0.749. The zero-order valence-electron chi connectivity index (χ0n) is 15.0. The van der Waals surface area contributed by atoms with E-state index in [9.17, 15) is 4.79 Å². The summed E-state index contributed by atoms with van der Waals surface area (Å²) >= 11 is 0. The van der Waals surface area contributed by atoms with Crippen molar-refractivity contribution < 1.29 is 9.32 Å². The number of aromatic nitrogens is 2. The van der Waals surface area contributed by atoms with Crippen LogP contribution in [0.4, 0.5) is 0 Å². The van der Waals surface area contributed by atoms with Crippen LogP contribution in [-0.4, -0.2) is 28.6 Å². The number of nitrogens with two attached hydrogens (primary N) is 1. The molecule has 0 saturated heterocycles. The molecule has 6 nitrogen and oxygen atoms in total. The molecule has 0 spiro atoms. The number of halogens is 1. The highest BCUT2D eigenvalue weighted by atomic mass is 35.5. The van der Waals surface area contributed by atoms with Crippen LogP contribution in [0.25, 0.3) is 11.5 Å². The van der Waals surface area contributed by atoms with Gasteiger partial charge in [0.1, 0.15) is 0 Å². The predicted octanol–water partition coefficient (Wildman–Crippen LogP) is 2.75. The highest BCUT2D eigenvalue weighted by Gasteiger charge is 2.18. The molecule has 138 valence electrons. The van der Waals surface area contributed by atoms with Gasteiger partial charge in [0.25, 0.3) is 5.89 Å². The summed E-state index contributed by atoms with van der Waals surface area (Å²) in [4.78, 5) is 16.2. The van der Waals surface area contributed by atoms with Crippen LogP contribution in [0, 0.1) is 5.92 Å². The SMILES string of the molecule is CCc1noc(-c2ccc(CCNC(=O)C(N)C(C)CC)cc2)n1.Cl. The number of carbonyl (C=O) groups is 1. The number of hydrogen-bond donors (Lipinski definition) is 2. The van der Waals surface area contributed by atoms with Gasteiger partial charge in [-0.1, -0.05) is 44.5 Å². The van der Waals surface area contributed by atoms with Gasteiger partial charge in [0.2, 0.25) is 5.91 Å². The fourth-order valence-electron chi connectivity index (χ4n) is 2.29. The monoisotopic (exact) mass is 366 g/mol. The Balaban J connectivity index is 0.00000312. The van der Waals surface area contributed by atoms with Crippen LogP contribution in [0.1, 0.15) is 38.6 Å². The summed E-state index contributed by atoms with van der Waals surface area (Å²) in [6, 6.07) is 7.48. The standard InChI is InChI=1S/C18H26N4O2.ClH/c1-4-12(3)16(19)17(23)20-11-10-13-6-8-14(9-7-13)18-21-15(5-2)22-24-18;/h6-9,12,16H,4-5,10-11,19H2,1-3H3,(H,20,23);1H. The van der Waals surface area contributed by atoms with Crippen molar-refractivity contribution in [3.63, 3.8) is 0 Å². The summed E-state index contributed by atoms with van der Waals surface area (Å²) in [6.45, 7) is 6.58. The van der Waals surface area contributed by atoms with Crippen molar-refractivity contribution >= 4 is 18.3 Å². The number of rotatable bonds is 8. The minimum absolute atomic E-state index is 0. The molecule has 0 saturated carbocycles. The lowest BCUT2D eigenvalue weighted by Gasteiger charge is -2.17. The van der Waals surface area contributed by atoms with Crippen molar-refractivity contribution in [3.8, 4) is 11.5 Å². The number of nitrogens with zero attached hydrogens (tertiary/aromatic N) is 2. The maximum absolute atomic E-state index is 11.9. The number of carbonyl (C=O) groups excluding carboxylic acids is 1. The Morgan fingerprint density at radius 1 is 1.28 bits per heavy atom. The average Bonchev–Trinajstić information content (AvgIpc) is 3.10. The van der Waals surface area contributed by atoms with Crippen molar-refractivity contribution in [2.45, 2.75) is 46.1 Å². The lowest BCUT2D eigenvalue weighted by Crippen LogP contribution is -2.45. The number of hydrogen-bond acceptors (Lipinski definition) is 5. The van der Waals surface area contributed by atoms with Crippen LogP contribution in [0.5, 0.6) is 0 Å². The molecular weight excluding hydrogens is 340 g/mol. The van der Waals surface area contributed by atoms with E-state index in [1.807, 2.05) is 45.0 Å². The van der Waals surface area contributed by atoms with Crippen molar-refractivity contribution in [2.75, 3.05) is 6.54 Å². The van der Waals surface area contributed by atoms with E-state index in [0.29, 0.717) is 18.3 Å². The Morgan fingerprint density at radius 3 is 2.52 bits per heavy atom. The van der Waals surface area contributed by atoms with Gasteiger partial charge in [-0.25, -0.2) is 0 Å². The Kier molecular flexibility index (Phi) is 8.58. The number of nitrogens with one attached hydrogen (secondary N) is 1. The maximum Gasteiger partial charge on any atom is 0.257 e. The predicted molar refractivity (Wildman–Crippen MR) is 101 cm³/mol. The van der Waals surface area contributed by atoms with Gasteiger partial charge in [-0.05, 0) is 30.0 Å². The number of benzene rings is 1. The summed E-state index contributed by atoms with van der Waals surface area (Å²) in [6.07, 6.45) is 2.40. The summed E-state index contributed by atoms with van der Waals surface area (Å²) < 4.78 is 5.22. The van der Waals surface area contributed by atoms with Crippen molar-refractivity contribution in [3.05, 3.63) is 35.7 Å². The van der Waals surface area contributed by atoms with Gasteiger partial charge >= 0.3 is 0 Å². The third kappa shape index (κ3) is 5.83. The van der Waals surface area contributed by atoms with Crippen LogP contribution in [-0.2, 0) is 17.6 Å². The molecule has 0 bridgehead atoms. The average molecular weight is 367 g/mol. The van der Waals surface area contributed by atoms with Gasteiger partial charge in [0, 0.05) is 18.5 Å². The molecule has 1 amide bonds. The lowest BCUT2D eigenvalue weighted by molar-refractivity contribution is -0.123. The topological polar surface area (TPSA) is 94.0 Å². The Morgan fingerprint density at radius 2 is 1.96 bits per heavy atom. The van der Waals surface area contributed by atoms with E-state index in [-0.39, 0.29) is 24.2 Å². The fourth-order valence-corrected chi connectivity index (χ4v) is 2.29. The highest BCUT2D eigenvalue weighted by Crippen LogP contribution is 2.18. The molecule has 2 atom stereocenters.